The van der Waals surface area contributed by atoms with E-state index in [9.17, 15) is 0 Å². The van der Waals surface area contributed by atoms with Crippen molar-refractivity contribution in [1.82, 2.24) is 0 Å². The van der Waals surface area contributed by atoms with Crippen LogP contribution in [0.5, 0.6) is 5.75 Å². The van der Waals surface area contributed by atoms with Crippen molar-refractivity contribution in [3.63, 3.8) is 0 Å². The number of methoxy groups -OCH3 is 1. The van der Waals surface area contributed by atoms with Crippen LogP contribution in [-0.2, 0) is 0 Å². The summed E-state index contributed by atoms with van der Waals surface area (Å²) in [5.74, 6) is 0.613. The van der Waals surface area contributed by atoms with Crippen molar-refractivity contribution in [1.29, 1.82) is 5.26 Å². The highest BCUT2D eigenvalue weighted by molar-refractivity contribution is 6.32. The number of hydrogen-bond acceptors (Lipinski definition) is 2. The van der Waals surface area contributed by atoms with Crippen molar-refractivity contribution in [3.05, 3.63) is 34.9 Å². The third-order valence-corrected chi connectivity index (χ3v) is 1.84. The summed E-state index contributed by atoms with van der Waals surface area (Å²) in [6.45, 7) is 0. The Balaban J connectivity index is 3.01. The van der Waals surface area contributed by atoms with Gasteiger partial charge in [-0.25, -0.2) is 0 Å². The first-order chi connectivity index (χ1) is 6.27. The maximum atomic E-state index is 8.31. The van der Waals surface area contributed by atoms with Gasteiger partial charge >= 0.3 is 0 Å². The molecule has 0 heterocycles. The van der Waals surface area contributed by atoms with E-state index >= 15 is 0 Å². The Hall–Kier alpha value is -1.46. The third-order valence-electron chi connectivity index (χ3n) is 1.53. The summed E-state index contributed by atoms with van der Waals surface area (Å²) in [5, 5.41) is 8.88. The van der Waals surface area contributed by atoms with E-state index in [-0.39, 0.29) is 0 Å². The molecule has 2 nitrogen and oxygen atoms in total. The Morgan fingerprint density at radius 3 is 2.92 bits per heavy atom. The second kappa shape index (κ2) is 4.54. The molecule has 0 aliphatic rings. The maximum absolute atomic E-state index is 8.31. The van der Waals surface area contributed by atoms with Crippen LogP contribution in [0, 0.1) is 11.3 Å². The Labute approximate surface area is 82.0 Å². The number of allylic oxidation sites excluding steroid dienone is 1. The van der Waals surface area contributed by atoms with E-state index < -0.39 is 0 Å². The van der Waals surface area contributed by atoms with Crippen LogP contribution in [0.2, 0.25) is 5.02 Å². The molecular formula is C10H8ClNO. The average Bonchev–Trinajstić information content (AvgIpc) is 2.16. The van der Waals surface area contributed by atoms with Gasteiger partial charge in [0.2, 0.25) is 0 Å². The van der Waals surface area contributed by atoms with Crippen molar-refractivity contribution in [2.75, 3.05) is 7.11 Å². The second-order valence-electron chi connectivity index (χ2n) is 2.36. The van der Waals surface area contributed by atoms with Gasteiger partial charge in [0.15, 0.2) is 0 Å². The van der Waals surface area contributed by atoms with Gasteiger partial charge in [-0.1, -0.05) is 17.7 Å². The van der Waals surface area contributed by atoms with Crippen LogP contribution in [0.25, 0.3) is 6.08 Å². The van der Waals surface area contributed by atoms with Crippen LogP contribution in [-0.4, -0.2) is 7.11 Å². The van der Waals surface area contributed by atoms with E-state index in [0.29, 0.717) is 10.8 Å². The minimum atomic E-state index is 0.566. The normalized spacial score (nSPS) is 9.92. The minimum Gasteiger partial charge on any atom is -0.495 e. The van der Waals surface area contributed by atoms with Gasteiger partial charge in [-0.2, -0.15) is 5.26 Å². The fourth-order valence-electron chi connectivity index (χ4n) is 0.914. The molecule has 0 aromatic heterocycles. The molecule has 0 saturated heterocycles. The van der Waals surface area contributed by atoms with Crippen molar-refractivity contribution >= 4 is 17.7 Å². The molecule has 13 heavy (non-hydrogen) atoms. The summed E-state index contributed by atoms with van der Waals surface area (Å²) >= 11 is 5.82. The van der Waals surface area contributed by atoms with E-state index in [0.717, 1.165) is 5.56 Å². The van der Waals surface area contributed by atoms with E-state index in [1.54, 1.807) is 25.3 Å². The average molecular weight is 194 g/mol. The van der Waals surface area contributed by atoms with Crippen molar-refractivity contribution in [2.45, 2.75) is 0 Å². The van der Waals surface area contributed by atoms with Gasteiger partial charge in [0.25, 0.3) is 0 Å². The molecule has 0 spiro atoms. The van der Waals surface area contributed by atoms with Crippen molar-refractivity contribution in [3.8, 4) is 11.8 Å². The standard InChI is InChI=1S/C10H8ClNO/c1-13-10-7-8(3-2-6-12)4-5-9(10)11/h2-5,7H,1H3/b3-2+. The van der Waals surface area contributed by atoms with Gasteiger partial charge in [0.05, 0.1) is 18.2 Å². The van der Waals surface area contributed by atoms with Gasteiger partial charge < -0.3 is 4.74 Å². The number of nitrogens with zero attached hydrogens (tertiary/aromatic N) is 1. The van der Waals surface area contributed by atoms with Crippen molar-refractivity contribution in [2.24, 2.45) is 0 Å². The van der Waals surface area contributed by atoms with Crippen LogP contribution in [0.1, 0.15) is 5.56 Å². The lowest BCUT2D eigenvalue weighted by Crippen LogP contribution is -1.84. The molecule has 0 unspecified atom stereocenters. The third kappa shape index (κ3) is 2.50. The van der Waals surface area contributed by atoms with E-state index in [4.69, 9.17) is 21.6 Å². The molecule has 0 radical (unpaired) electrons. The maximum Gasteiger partial charge on any atom is 0.138 e. The fraction of sp³-hybridized carbons (Fsp3) is 0.100. The first-order valence-corrected chi connectivity index (χ1v) is 4.05. The second-order valence-corrected chi connectivity index (χ2v) is 2.76. The van der Waals surface area contributed by atoms with Gasteiger partial charge in [-0.15, -0.1) is 0 Å². The highest BCUT2D eigenvalue weighted by Gasteiger charge is 1.98. The predicted molar refractivity (Wildman–Crippen MR) is 52.7 cm³/mol. The fourth-order valence-corrected chi connectivity index (χ4v) is 1.11. The molecule has 0 aliphatic heterocycles. The van der Waals surface area contributed by atoms with Crippen LogP contribution >= 0.6 is 11.6 Å². The lowest BCUT2D eigenvalue weighted by molar-refractivity contribution is 0.415. The number of benzene rings is 1. The predicted octanol–water partition coefficient (Wildman–Crippen LogP) is 2.89. The number of rotatable bonds is 2. The summed E-state index contributed by atoms with van der Waals surface area (Å²) in [5.41, 5.74) is 0.891. The Morgan fingerprint density at radius 2 is 2.31 bits per heavy atom. The van der Waals surface area contributed by atoms with Crippen LogP contribution < -0.4 is 4.74 Å². The molecule has 0 N–H and O–H groups in total. The number of halogens is 1. The molecule has 1 rings (SSSR count). The first-order valence-electron chi connectivity index (χ1n) is 3.67. The van der Waals surface area contributed by atoms with Crippen molar-refractivity contribution < 1.29 is 4.74 Å². The molecule has 3 heteroatoms. The molecule has 0 bridgehead atoms. The molecule has 1 aromatic rings. The van der Waals surface area contributed by atoms with Gasteiger partial charge in [-0.05, 0) is 23.8 Å². The molecule has 0 amide bonds. The summed E-state index contributed by atoms with van der Waals surface area (Å²) in [4.78, 5) is 0. The zero-order valence-electron chi connectivity index (χ0n) is 7.12. The Bertz CT molecular complexity index is 366. The smallest absolute Gasteiger partial charge is 0.138 e. The molecule has 66 valence electrons. The zero-order chi connectivity index (χ0) is 9.68. The summed E-state index contributed by atoms with van der Waals surface area (Å²) < 4.78 is 5.02. The topological polar surface area (TPSA) is 33.0 Å². The molecule has 0 saturated carbocycles. The SMILES string of the molecule is COc1cc(/C=C/C#N)ccc1Cl. The van der Waals surface area contributed by atoms with E-state index in [2.05, 4.69) is 0 Å². The zero-order valence-corrected chi connectivity index (χ0v) is 7.88. The number of hydrogen-bond donors (Lipinski definition) is 0. The highest BCUT2D eigenvalue weighted by atomic mass is 35.5. The van der Waals surface area contributed by atoms with Crippen LogP contribution in [0.4, 0.5) is 0 Å². The van der Waals surface area contributed by atoms with E-state index in [1.165, 1.54) is 6.08 Å². The summed E-state index contributed by atoms with van der Waals surface area (Å²) in [6, 6.07) is 7.24. The Morgan fingerprint density at radius 1 is 1.54 bits per heavy atom. The summed E-state index contributed by atoms with van der Waals surface area (Å²) in [6.07, 6.45) is 3.10. The molecule has 0 atom stereocenters. The van der Waals surface area contributed by atoms with Gasteiger partial charge in [0.1, 0.15) is 5.75 Å². The lowest BCUT2D eigenvalue weighted by Gasteiger charge is -2.02. The molecular weight excluding hydrogens is 186 g/mol. The highest BCUT2D eigenvalue weighted by Crippen LogP contribution is 2.25. The summed E-state index contributed by atoms with van der Waals surface area (Å²) in [7, 11) is 1.55. The lowest BCUT2D eigenvalue weighted by atomic mass is 10.2. The Kier molecular flexibility index (Phi) is 3.36. The van der Waals surface area contributed by atoms with Crippen LogP contribution in [0.15, 0.2) is 24.3 Å². The number of nitriles is 1. The largest absolute Gasteiger partial charge is 0.495 e. The first kappa shape index (κ1) is 9.63. The van der Waals surface area contributed by atoms with Gasteiger partial charge in [-0.3, -0.25) is 0 Å². The van der Waals surface area contributed by atoms with Crippen LogP contribution in [0.3, 0.4) is 0 Å². The van der Waals surface area contributed by atoms with E-state index in [1.807, 2.05) is 12.1 Å². The molecule has 1 aromatic carbocycles. The quantitative estimate of drug-likeness (QED) is 0.677. The minimum absolute atomic E-state index is 0.566. The number of ether oxygens (including phenoxy) is 1. The molecule has 0 fully saturated rings. The van der Waals surface area contributed by atoms with Gasteiger partial charge in [0, 0.05) is 6.08 Å². The monoisotopic (exact) mass is 193 g/mol. The molecule has 0 aliphatic carbocycles.